The Morgan fingerprint density at radius 2 is 1.95 bits per heavy atom. The van der Waals surface area contributed by atoms with Gasteiger partial charge in [-0.25, -0.2) is 0 Å². The molecule has 1 fully saturated rings. The average molecular weight is 336 g/mol. The molecule has 0 saturated heterocycles. The van der Waals surface area contributed by atoms with E-state index in [0.717, 1.165) is 41.9 Å². The fraction of sp³-hybridized carbons (Fsp3) is 0.467. The van der Waals surface area contributed by atoms with Gasteiger partial charge in [0.25, 0.3) is 0 Å². The maximum absolute atomic E-state index is 5.93. The van der Waals surface area contributed by atoms with Crippen molar-refractivity contribution in [2.24, 2.45) is 5.73 Å². The highest BCUT2D eigenvalue weighted by molar-refractivity contribution is 9.10. The summed E-state index contributed by atoms with van der Waals surface area (Å²) in [6.07, 6.45) is 4.89. The summed E-state index contributed by atoms with van der Waals surface area (Å²) in [7, 11) is 0. The number of nitrogens with zero attached hydrogens (tertiary/aromatic N) is 2. The molecule has 1 aliphatic rings. The van der Waals surface area contributed by atoms with Crippen LogP contribution in [-0.4, -0.2) is 16.2 Å². The van der Waals surface area contributed by atoms with Gasteiger partial charge in [0.1, 0.15) is 0 Å². The molecule has 0 radical (unpaired) electrons. The third-order valence-electron chi connectivity index (χ3n) is 3.91. The van der Waals surface area contributed by atoms with Crippen molar-refractivity contribution in [2.45, 2.75) is 44.1 Å². The van der Waals surface area contributed by atoms with Crippen LogP contribution in [0.3, 0.4) is 0 Å². The molecular formula is C15H18BrN3O. The van der Waals surface area contributed by atoms with E-state index in [2.05, 4.69) is 32.1 Å². The summed E-state index contributed by atoms with van der Waals surface area (Å²) in [5.74, 6) is 1.91. The van der Waals surface area contributed by atoms with Crippen molar-refractivity contribution in [3.05, 3.63) is 46.0 Å². The summed E-state index contributed by atoms with van der Waals surface area (Å²) in [5, 5.41) is 4.11. The maximum Gasteiger partial charge on any atom is 0.229 e. The zero-order valence-corrected chi connectivity index (χ0v) is 12.8. The molecule has 1 saturated carbocycles. The van der Waals surface area contributed by atoms with Crippen LogP contribution >= 0.6 is 15.9 Å². The fourth-order valence-corrected chi connectivity index (χ4v) is 3.11. The highest BCUT2D eigenvalue weighted by Gasteiger charge is 2.24. The minimum Gasteiger partial charge on any atom is -0.339 e. The van der Waals surface area contributed by atoms with Crippen molar-refractivity contribution in [3.63, 3.8) is 0 Å². The summed E-state index contributed by atoms with van der Waals surface area (Å²) in [6, 6.07) is 8.46. The van der Waals surface area contributed by atoms with Crippen molar-refractivity contribution >= 4 is 15.9 Å². The lowest BCUT2D eigenvalue weighted by Gasteiger charge is -2.22. The Bertz CT molecular complexity index is 576. The van der Waals surface area contributed by atoms with Crippen molar-refractivity contribution in [2.75, 3.05) is 0 Å². The van der Waals surface area contributed by atoms with Gasteiger partial charge in [-0.1, -0.05) is 39.3 Å². The third-order valence-corrected chi connectivity index (χ3v) is 4.68. The summed E-state index contributed by atoms with van der Waals surface area (Å²) < 4.78 is 6.51. The minimum atomic E-state index is 0.342. The number of hydrogen-bond donors (Lipinski definition) is 1. The van der Waals surface area contributed by atoms with Gasteiger partial charge in [-0.3, -0.25) is 0 Å². The summed E-state index contributed by atoms with van der Waals surface area (Å²) in [5.41, 5.74) is 7.10. The Kier molecular flexibility index (Phi) is 4.17. The fourth-order valence-electron chi connectivity index (χ4n) is 2.68. The number of hydrogen-bond acceptors (Lipinski definition) is 4. The average Bonchev–Trinajstić information content (AvgIpc) is 2.91. The van der Waals surface area contributed by atoms with Gasteiger partial charge >= 0.3 is 0 Å². The van der Waals surface area contributed by atoms with E-state index in [4.69, 9.17) is 10.3 Å². The van der Waals surface area contributed by atoms with E-state index >= 15 is 0 Å². The van der Waals surface area contributed by atoms with Crippen molar-refractivity contribution < 1.29 is 4.52 Å². The predicted octanol–water partition coefficient (Wildman–Crippen LogP) is 3.41. The quantitative estimate of drug-likeness (QED) is 0.933. The molecule has 0 aliphatic heterocycles. The first-order chi connectivity index (χ1) is 9.72. The molecule has 4 nitrogen and oxygen atoms in total. The first-order valence-corrected chi connectivity index (χ1v) is 7.83. The van der Waals surface area contributed by atoms with Crippen LogP contribution in [0, 0.1) is 0 Å². The van der Waals surface area contributed by atoms with Crippen molar-refractivity contribution in [1.82, 2.24) is 10.1 Å². The van der Waals surface area contributed by atoms with Crippen LogP contribution in [0.1, 0.15) is 48.9 Å². The molecule has 20 heavy (non-hydrogen) atoms. The predicted molar refractivity (Wildman–Crippen MR) is 80.4 cm³/mol. The summed E-state index contributed by atoms with van der Waals surface area (Å²) in [6.45, 7) is 0. The lowest BCUT2D eigenvalue weighted by molar-refractivity contribution is 0.300. The van der Waals surface area contributed by atoms with Gasteiger partial charge in [0.15, 0.2) is 5.82 Å². The second-order valence-corrected chi connectivity index (χ2v) is 6.28. The molecule has 5 heteroatoms. The van der Waals surface area contributed by atoms with Gasteiger partial charge < -0.3 is 10.3 Å². The molecule has 3 rings (SSSR count). The lowest BCUT2D eigenvalue weighted by Crippen LogP contribution is -2.25. The van der Waals surface area contributed by atoms with Crippen molar-refractivity contribution in [3.8, 4) is 0 Å². The van der Waals surface area contributed by atoms with Crippen LogP contribution in [0.15, 0.2) is 33.3 Å². The Balaban J connectivity index is 1.69. The number of halogens is 1. The number of nitrogens with two attached hydrogens (primary N) is 1. The minimum absolute atomic E-state index is 0.342. The Morgan fingerprint density at radius 1 is 1.20 bits per heavy atom. The molecular weight excluding hydrogens is 318 g/mol. The van der Waals surface area contributed by atoms with Gasteiger partial charge in [0, 0.05) is 22.9 Å². The van der Waals surface area contributed by atoms with Crippen LogP contribution in [0.2, 0.25) is 0 Å². The van der Waals surface area contributed by atoms with E-state index in [1.807, 2.05) is 18.2 Å². The Labute approximate surface area is 126 Å². The first-order valence-electron chi connectivity index (χ1n) is 7.04. The Morgan fingerprint density at radius 3 is 2.70 bits per heavy atom. The van der Waals surface area contributed by atoms with Gasteiger partial charge in [-0.2, -0.15) is 4.98 Å². The van der Waals surface area contributed by atoms with E-state index in [9.17, 15) is 0 Å². The van der Waals surface area contributed by atoms with Gasteiger partial charge in [-0.05, 0) is 37.3 Å². The van der Waals surface area contributed by atoms with Gasteiger partial charge in [0.2, 0.25) is 5.89 Å². The highest BCUT2D eigenvalue weighted by Crippen LogP contribution is 2.31. The van der Waals surface area contributed by atoms with Crippen LogP contribution in [0.4, 0.5) is 0 Å². The molecule has 1 heterocycles. The van der Waals surface area contributed by atoms with E-state index in [0.29, 0.717) is 18.4 Å². The number of aromatic nitrogens is 2. The molecule has 2 aromatic rings. The number of rotatable bonds is 3. The molecule has 1 aromatic heterocycles. The van der Waals surface area contributed by atoms with Crippen molar-refractivity contribution in [1.29, 1.82) is 0 Å². The Hall–Kier alpha value is -1.20. The molecule has 2 N–H and O–H groups in total. The largest absolute Gasteiger partial charge is 0.339 e. The monoisotopic (exact) mass is 335 g/mol. The molecule has 0 bridgehead atoms. The SMILES string of the molecule is NC1CCC(c2nc(Cc3ccccc3Br)no2)CC1. The molecule has 1 aromatic carbocycles. The smallest absolute Gasteiger partial charge is 0.229 e. The van der Waals surface area contributed by atoms with E-state index in [1.54, 1.807) is 0 Å². The maximum atomic E-state index is 5.93. The highest BCUT2D eigenvalue weighted by atomic mass is 79.9. The second-order valence-electron chi connectivity index (χ2n) is 5.43. The van der Waals surface area contributed by atoms with Gasteiger partial charge in [0.05, 0.1) is 0 Å². The van der Waals surface area contributed by atoms with Crippen LogP contribution in [0.25, 0.3) is 0 Å². The van der Waals surface area contributed by atoms with Crippen LogP contribution in [-0.2, 0) is 6.42 Å². The first kappa shape index (κ1) is 13.8. The standard InChI is InChI=1S/C15H18BrN3O/c16-13-4-2-1-3-11(13)9-14-18-15(20-19-14)10-5-7-12(17)8-6-10/h1-4,10,12H,5-9,17H2. The molecule has 1 aliphatic carbocycles. The number of benzene rings is 1. The lowest BCUT2D eigenvalue weighted by atomic mass is 9.86. The van der Waals surface area contributed by atoms with E-state index in [1.165, 1.54) is 5.56 Å². The van der Waals surface area contributed by atoms with Crippen LogP contribution in [0.5, 0.6) is 0 Å². The van der Waals surface area contributed by atoms with E-state index < -0.39 is 0 Å². The molecule has 0 spiro atoms. The topological polar surface area (TPSA) is 64.9 Å². The second kappa shape index (κ2) is 6.06. The van der Waals surface area contributed by atoms with Gasteiger partial charge in [-0.15, -0.1) is 0 Å². The van der Waals surface area contributed by atoms with E-state index in [-0.39, 0.29) is 0 Å². The molecule has 0 atom stereocenters. The summed E-state index contributed by atoms with van der Waals surface area (Å²) in [4.78, 5) is 4.56. The molecule has 0 amide bonds. The van der Waals surface area contributed by atoms with Crippen LogP contribution < -0.4 is 5.73 Å². The summed E-state index contributed by atoms with van der Waals surface area (Å²) >= 11 is 3.54. The normalized spacial score (nSPS) is 22.9. The molecule has 106 valence electrons. The zero-order chi connectivity index (χ0) is 13.9. The molecule has 0 unspecified atom stereocenters. The zero-order valence-electron chi connectivity index (χ0n) is 11.3. The third kappa shape index (κ3) is 3.10.